The first-order valence-corrected chi connectivity index (χ1v) is 15.2. The van der Waals surface area contributed by atoms with Gasteiger partial charge in [-0.1, -0.05) is 66.7 Å². The average molecular weight is 655 g/mol. The van der Waals surface area contributed by atoms with E-state index in [-0.39, 0.29) is 12.5 Å². The maximum absolute atomic E-state index is 13.8. The molecular weight excluding hydrogens is 626 g/mol. The summed E-state index contributed by atoms with van der Waals surface area (Å²) in [4.78, 5) is 18.5. The third kappa shape index (κ3) is 6.39. The number of anilines is 2. The molecule has 4 aromatic rings. The fourth-order valence-corrected chi connectivity index (χ4v) is 5.96. The first-order valence-electron chi connectivity index (χ1n) is 13.1. The second-order valence-electron chi connectivity index (χ2n) is 9.31. The highest BCUT2D eigenvalue weighted by Gasteiger charge is 2.35. The summed E-state index contributed by atoms with van der Waals surface area (Å²) in [7, 11) is 1.58. The second kappa shape index (κ2) is 13.0. The van der Waals surface area contributed by atoms with Gasteiger partial charge in [0.15, 0.2) is 11.5 Å². The Morgan fingerprint density at radius 3 is 2.66 bits per heavy atom. The van der Waals surface area contributed by atoms with Crippen molar-refractivity contribution in [3.05, 3.63) is 98.6 Å². The van der Waals surface area contributed by atoms with Crippen molar-refractivity contribution >= 4 is 56.8 Å². The van der Waals surface area contributed by atoms with Gasteiger partial charge in [-0.2, -0.15) is 4.98 Å². The second-order valence-corrected chi connectivity index (χ2v) is 11.6. The number of benzene rings is 3. The van der Waals surface area contributed by atoms with Gasteiger partial charge in [-0.3, -0.25) is 4.79 Å². The molecule has 1 aromatic heterocycles. The maximum Gasteiger partial charge on any atom is 0.255 e. The molecule has 0 aliphatic carbocycles. The van der Waals surface area contributed by atoms with E-state index >= 15 is 0 Å². The maximum atomic E-state index is 13.8. The Bertz CT molecular complexity index is 1590. The van der Waals surface area contributed by atoms with Crippen LogP contribution in [0.4, 0.5) is 11.6 Å². The number of para-hydroxylation sites is 1. The predicted molar refractivity (Wildman–Crippen MR) is 167 cm³/mol. The van der Waals surface area contributed by atoms with Crippen molar-refractivity contribution in [3.8, 4) is 11.5 Å². The summed E-state index contributed by atoms with van der Waals surface area (Å²) in [5.74, 6) is 2.24. The summed E-state index contributed by atoms with van der Waals surface area (Å²) in [5.41, 5.74) is 3.52. The number of methoxy groups -OCH3 is 1. The van der Waals surface area contributed by atoms with Crippen LogP contribution in [-0.4, -0.2) is 33.5 Å². The van der Waals surface area contributed by atoms with Crippen LogP contribution < -0.4 is 20.1 Å². The van der Waals surface area contributed by atoms with Crippen LogP contribution in [0.5, 0.6) is 11.5 Å². The predicted octanol–water partition coefficient (Wildman–Crippen LogP) is 7.71. The quantitative estimate of drug-likeness (QED) is 0.169. The summed E-state index contributed by atoms with van der Waals surface area (Å²) in [6.07, 6.45) is 0.993. The number of allylic oxidation sites excluding steroid dienone is 1. The molecule has 0 spiro atoms. The lowest BCUT2D eigenvalue weighted by atomic mass is 9.94. The molecule has 0 saturated heterocycles. The Balaban J connectivity index is 1.55. The highest BCUT2D eigenvalue weighted by Crippen LogP contribution is 2.43. The van der Waals surface area contributed by atoms with E-state index in [4.69, 9.17) is 31.2 Å². The molecule has 0 saturated carbocycles. The van der Waals surface area contributed by atoms with Crippen LogP contribution in [0.15, 0.2) is 87.6 Å². The number of rotatable bonds is 10. The number of fused-ring (bicyclic) bond motifs is 1. The molecule has 5 rings (SSSR count). The smallest absolute Gasteiger partial charge is 0.255 e. The van der Waals surface area contributed by atoms with E-state index in [0.29, 0.717) is 49.1 Å². The fourth-order valence-electron chi connectivity index (χ4n) is 4.51. The van der Waals surface area contributed by atoms with Crippen molar-refractivity contribution in [2.45, 2.75) is 38.1 Å². The van der Waals surface area contributed by atoms with Gasteiger partial charge in [-0.15, -0.1) is 5.10 Å². The van der Waals surface area contributed by atoms with Crippen molar-refractivity contribution in [1.29, 1.82) is 0 Å². The normalized spacial score (nSPS) is 14.3. The zero-order chi connectivity index (χ0) is 28.9. The Hall–Kier alpha value is -3.47. The van der Waals surface area contributed by atoms with E-state index in [1.807, 2.05) is 73.7 Å². The first kappa shape index (κ1) is 29.0. The largest absolute Gasteiger partial charge is 0.493 e. The minimum atomic E-state index is -0.582. The molecule has 1 amide bonds. The van der Waals surface area contributed by atoms with Gasteiger partial charge in [0.1, 0.15) is 12.6 Å². The van der Waals surface area contributed by atoms with Crippen molar-refractivity contribution in [3.63, 3.8) is 0 Å². The number of halogens is 2. The number of amides is 1. The number of nitrogens with one attached hydrogen (secondary N) is 2. The third-order valence-electron chi connectivity index (χ3n) is 6.44. The molecule has 1 atom stereocenters. The Morgan fingerprint density at radius 2 is 1.93 bits per heavy atom. The number of hydrogen-bond donors (Lipinski definition) is 2. The molecular formula is C30H29BrClN5O3S. The number of aromatic nitrogens is 3. The van der Waals surface area contributed by atoms with Crippen molar-refractivity contribution in [2.75, 3.05) is 23.5 Å². The van der Waals surface area contributed by atoms with E-state index in [0.717, 1.165) is 23.3 Å². The number of carbonyl (C=O) groups excluding carboxylic acids is 1. The highest BCUT2D eigenvalue weighted by atomic mass is 79.9. The minimum absolute atomic E-state index is 0.246. The summed E-state index contributed by atoms with van der Waals surface area (Å²) in [5, 5.41) is 12.4. The van der Waals surface area contributed by atoms with Gasteiger partial charge in [0.25, 0.3) is 5.91 Å². The van der Waals surface area contributed by atoms with Crippen LogP contribution in [0.3, 0.4) is 0 Å². The molecule has 2 heterocycles. The molecule has 11 heteroatoms. The number of carbonyl (C=O) groups is 1. The van der Waals surface area contributed by atoms with Crippen LogP contribution in [0.1, 0.15) is 37.4 Å². The summed E-state index contributed by atoms with van der Waals surface area (Å²) >= 11 is 11.6. The van der Waals surface area contributed by atoms with Crippen molar-refractivity contribution in [1.82, 2.24) is 14.8 Å². The Morgan fingerprint density at radius 1 is 1.17 bits per heavy atom. The molecule has 1 aliphatic rings. The molecule has 41 heavy (non-hydrogen) atoms. The van der Waals surface area contributed by atoms with E-state index in [1.165, 1.54) is 0 Å². The number of ether oxygens (including phenoxy) is 2. The van der Waals surface area contributed by atoms with Gasteiger partial charge in [-0.25, -0.2) is 4.68 Å². The lowest BCUT2D eigenvalue weighted by Gasteiger charge is -2.29. The van der Waals surface area contributed by atoms with Gasteiger partial charge in [0.2, 0.25) is 11.1 Å². The van der Waals surface area contributed by atoms with E-state index in [1.54, 1.807) is 23.6 Å². The standard InChI is InChI=1S/C30H29BrClN5O3S/c1-4-14-41-30-35-29-33-18(2)25(28(38)34-21-11-6-5-7-12-21)26(37(29)36-30)20-15-22(31)27(24(16-20)39-3)40-17-19-10-8-9-13-23(19)32/h5-13,15-16,26H,4,14,17H2,1-3H3,(H,34,38)(H,33,35,36). The zero-order valence-electron chi connectivity index (χ0n) is 22.8. The lowest BCUT2D eigenvalue weighted by molar-refractivity contribution is -0.113. The SMILES string of the molecule is CCCSc1nc2n(n1)C(c1cc(Br)c(OCc3ccccc3Cl)c(OC)c1)C(C(=O)Nc1ccccc1)=C(C)N2. The minimum Gasteiger partial charge on any atom is -0.493 e. The molecule has 2 N–H and O–H groups in total. The number of thioether (sulfide) groups is 1. The highest BCUT2D eigenvalue weighted by molar-refractivity contribution is 9.10. The molecule has 212 valence electrons. The molecule has 0 radical (unpaired) electrons. The average Bonchev–Trinajstić information content (AvgIpc) is 3.37. The van der Waals surface area contributed by atoms with E-state index < -0.39 is 6.04 Å². The summed E-state index contributed by atoms with van der Waals surface area (Å²) < 4.78 is 14.4. The van der Waals surface area contributed by atoms with Gasteiger partial charge >= 0.3 is 0 Å². The molecule has 8 nitrogen and oxygen atoms in total. The Labute approximate surface area is 256 Å². The zero-order valence-corrected chi connectivity index (χ0v) is 25.9. The summed E-state index contributed by atoms with van der Waals surface area (Å²) in [6.45, 7) is 4.24. The van der Waals surface area contributed by atoms with Crippen molar-refractivity contribution in [2.24, 2.45) is 0 Å². The molecule has 1 aliphatic heterocycles. The fraction of sp³-hybridized carbons (Fsp3) is 0.233. The lowest BCUT2D eigenvalue weighted by Crippen LogP contribution is -2.31. The molecule has 3 aromatic carbocycles. The topological polar surface area (TPSA) is 90.3 Å². The van der Waals surface area contributed by atoms with Gasteiger partial charge in [0.05, 0.1) is 17.2 Å². The van der Waals surface area contributed by atoms with Crippen LogP contribution in [-0.2, 0) is 11.4 Å². The first-order chi connectivity index (χ1) is 19.9. The molecule has 0 bridgehead atoms. The number of nitrogens with zero attached hydrogens (tertiary/aromatic N) is 3. The monoisotopic (exact) mass is 653 g/mol. The number of hydrogen-bond acceptors (Lipinski definition) is 7. The van der Waals surface area contributed by atoms with E-state index in [9.17, 15) is 4.79 Å². The van der Waals surface area contributed by atoms with Crippen LogP contribution in [0.25, 0.3) is 0 Å². The van der Waals surface area contributed by atoms with Crippen LogP contribution in [0.2, 0.25) is 5.02 Å². The van der Waals surface area contributed by atoms with Crippen molar-refractivity contribution < 1.29 is 14.3 Å². The van der Waals surface area contributed by atoms with Gasteiger partial charge < -0.3 is 20.1 Å². The van der Waals surface area contributed by atoms with Gasteiger partial charge in [0, 0.05) is 27.7 Å². The molecule has 0 fully saturated rings. The molecule has 1 unspecified atom stereocenters. The Kier molecular flexibility index (Phi) is 9.22. The summed E-state index contributed by atoms with van der Waals surface area (Å²) in [6, 6.07) is 20.1. The van der Waals surface area contributed by atoms with Crippen LogP contribution >= 0.6 is 39.3 Å². The third-order valence-corrected chi connectivity index (χ3v) is 8.44. The van der Waals surface area contributed by atoms with Gasteiger partial charge in [-0.05, 0) is 65.2 Å². The van der Waals surface area contributed by atoms with Crippen LogP contribution in [0, 0.1) is 0 Å². The van der Waals surface area contributed by atoms with E-state index in [2.05, 4.69) is 33.5 Å².